The highest BCUT2D eigenvalue weighted by molar-refractivity contribution is 6.04. The maximum Gasteiger partial charge on any atom is 0.343 e. The molecule has 0 aliphatic rings. The zero-order chi connectivity index (χ0) is 19.9. The van der Waals surface area contributed by atoms with Crippen LogP contribution in [0.1, 0.15) is 10.4 Å². The number of esters is 1. The summed E-state index contributed by atoms with van der Waals surface area (Å²) < 4.78 is 9.81. The largest absolute Gasteiger partial charge is 0.482 e. The lowest BCUT2D eigenvalue weighted by atomic mass is 10.1. The highest BCUT2D eigenvalue weighted by Gasteiger charge is 2.10. The predicted molar refractivity (Wildman–Crippen MR) is 102 cm³/mol. The van der Waals surface area contributed by atoms with Crippen LogP contribution in [0.15, 0.2) is 65.5 Å². The fraction of sp³-hybridized carbons (Fsp3) is 0.100. The number of amides is 1. The van der Waals surface area contributed by atoms with Gasteiger partial charge in [-0.3, -0.25) is 9.59 Å². The van der Waals surface area contributed by atoms with E-state index in [9.17, 15) is 14.4 Å². The fourth-order valence-electron chi connectivity index (χ4n) is 2.39. The quantitative estimate of drug-likeness (QED) is 0.636. The van der Waals surface area contributed by atoms with Crippen LogP contribution in [0, 0.1) is 0 Å². The maximum absolute atomic E-state index is 12.5. The zero-order valence-corrected chi connectivity index (χ0v) is 15.0. The number of aromatic amines is 1. The van der Waals surface area contributed by atoms with Gasteiger partial charge in [-0.2, -0.15) is 5.10 Å². The Morgan fingerprint density at radius 1 is 1.07 bits per heavy atom. The summed E-state index contributed by atoms with van der Waals surface area (Å²) in [6.07, 6.45) is 0. The van der Waals surface area contributed by atoms with Crippen molar-refractivity contribution in [1.29, 1.82) is 0 Å². The molecule has 3 rings (SSSR count). The van der Waals surface area contributed by atoms with Crippen molar-refractivity contribution in [3.05, 3.63) is 76.6 Å². The van der Waals surface area contributed by atoms with E-state index in [0.29, 0.717) is 22.7 Å². The lowest BCUT2D eigenvalue weighted by molar-refractivity contribution is -0.142. The molecule has 0 spiro atoms. The molecular formula is C20H17N3O5. The first-order valence-corrected chi connectivity index (χ1v) is 8.32. The van der Waals surface area contributed by atoms with Crippen LogP contribution in [0.5, 0.6) is 5.75 Å². The fourth-order valence-corrected chi connectivity index (χ4v) is 2.39. The minimum Gasteiger partial charge on any atom is -0.482 e. The summed E-state index contributed by atoms with van der Waals surface area (Å²) in [6, 6.07) is 16.5. The molecule has 3 aromatic rings. The number of benzene rings is 2. The second kappa shape index (κ2) is 8.63. The van der Waals surface area contributed by atoms with Crippen LogP contribution in [-0.2, 0) is 9.53 Å². The van der Waals surface area contributed by atoms with Crippen LogP contribution < -0.4 is 15.6 Å². The summed E-state index contributed by atoms with van der Waals surface area (Å²) >= 11 is 0. The first-order valence-electron chi connectivity index (χ1n) is 8.32. The summed E-state index contributed by atoms with van der Waals surface area (Å²) in [5, 5.41) is 9.15. The third kappa shape index (κ3) is 4.82. The van der Waals surface area contributed by atoms with E-state index < -0.39 is 5.97 Å². The molecule has 1 heterocycles. The standard InChI is InChI=1S/C20H17N3O5/c1-27-19(25)12-28-16-7-3-5-14(11-16)20(26)21-15-6-2-4-13(10-15)17-8-9-18(24)23-22-17/h2-11H,12H2,1H3,(H,21,26)(H,23,24). The van der Waals surface area contributed by atoms with Crippen molar-refractivity contribution in [2.75, 3.05) is 19.0 Å². The summed E-state index contributed by atoms with van der Waals surface area (Å²) in [4.78, 5) is 34.8. The third-order valence-electron chi connectivity index (χ3n) is 3.78. The molecule has 1 amide bonds. The van der Waals surface area contributed by atoms with Crippen LogP contribution in [-0.4, -0.2) is 35.8 Å². The summed E-state index contributed by atoms with van der Waals surface area (Å²) in [5.41, 5.74) is 1.96. The van der Waals surface area contributed by atoms with Crippen molar-refractivity contribution in [3.63, 3.8) is 0 Å². The molecule has 0 bridgehead atoms. The number of methoxy groups -OCH3 is 1. The predicted octanol–water partition coefficient (Wildman–Crippen LogP) is 2.24. The number of hydrogen-bond acceptors (Lipinski definition) is 6. The van der Waals surface area contributed by atoms with Gasteiger partial charge in [0.25, 0.3) is 11.5 Å². The minimum atomic E-state index is -0.512. The smallest absolute Gasteiger partial charge is 0.343 e. The molecule has 2 N–H and O–H groups in total. The molecule has 0 aliphatic carbocycles. The van der Waals surface area contributed by atoms with E-state index in [1.165, 1.54) is 19.2 Å². The van der Waals surface area contributed by atoms with Gasteiger partial charge in [0.15, 0.2) is 6.61 Å². The van der Waals surface area contributed by atoms with Crippen molar-refractivity contribution in [2.45, 2.75) is 0 Å². The molecule has 1 aromatic heterocycles. The first kappa shape index (κ1) is 18.8. The van der Waals surface area contributed by atoms with Gasteiger partial charge < -0.3 is 14.8 Å². The number of carbonyl (C=O) groups is 2. The van der Waals surface area contributed by atoms with Gasteiger partial charge in [0.1, 0.15) is 5.75 Å². The molecule has 0 unspecified atom stereocenters. The maximum atomic E-state index is 12.5. The Balaban J connectivity index is 1.72. The van der Waals surface area contributed by atoms with Gasteiger partial charge in [-0.15, -0.1) is 0 Å². The Labute approximate surface area is 160 Å². The Morgan fingerprint density at radius 2 is 1.89 bits per heavy atom. The molecule has 8 heteroatoms. The van der Waals surface area contributed by atoms with Gasteiger partial charge in [0, 0.05) is 22.9 Å². The van der Waals surface area contributed by atoms with E-state index in [-0.39, 0.29) is 18.1 Å². The van der Waals surface area contributed by atoms with Crippen molar-refractivity contribution in [1.82, 2.24) is 10.2 Å². The number of rotatable bonds is 6. The Bertz CT molecular complexity index is 1040. The van der Waals surface area contributed by atoms with E-state index in [1.54, 1.807) is 42.5 Å². The summed E-state index contributed by atoms with van der Waals surface area (Å²) in [5.74, 6) is -0.470. The lowest BCUT2D eigenvalue weighted by Crippen LogP contribution is -2.14. The molecule has 2 aromatic carbocycles. The van der Waals surface area contributed by atoms with E-state index in [0.717, 1.165) is 5.56 Å². The van der Waals surface area contributed by atoms with Gasteiger partial charge in [0.2, 0.25) is 0 Å². The van der Waals surface area contributed by atoms with Crippen molar-refractivity contribution >= 4 is 17.6 Å². The van der Waals surface area contributed by atoms with Crippen LogP contribution in [0.3, 0.4) is 0 Å². The van der Waals surface area contributed by atoms with Gasteiger partial charge in [-0.1, -0.05) is 18.2 Å². The Morgan fingerprint density at radius 3 is 2.64 bits per heavy atom. The lowest BCUT2D eigenvalue weighted by Gasteiger charge is -2.09. The SMILES string of the molecule is COC(=O)COc1cccc(C(=O)Nc2cccc(-c3ccc(=O)[nH]n3)c2)c1. The Hall–Kier alpha value is -3.94. The molecule has 8 nitrogen and oxygen atoms in total. The normalized spacial score (nSPS) is 10.2. The molecule has 28 heavy (non-hydrogen) atoms. The summed E-state index contributed by atoms with van der Waals surface area (Å²) in [7, 11) is 1.27. The van der Waals surface area contributed by atoms with Gasteiger partial charge >= 0.3 is 5.97 Å². The minimum absolute atomic E-state index is 0.240. The topological polar surface area (TPSA) is 110 Å². The van der Waals surface area contributed by atoms with Gasteiger partial charge in [-0.05, 0) is 36.4 Å². The number of carbonyl (C=O) groups excluding carboxylic acids is 2. The average molecular weight is 379 g/mol. The zero-order valence-electron chi connectivity index (χ0n) is 15.0. The molecular weight excluding hydrogens is 362 g/mol. The first-order chi connectivity index (χ1) is 13.5. The number of nitrogens with zero attached hydrogens (tertiary/aromatic N) is 1. The van der Waals surface area contributed by atoms with Crippen LogP contribution in [0.4, 0.5) is 5.69 Å². The van der Waals surface area contributed by atoms with Crippen molar-refractivity contribution in [3.8, 4) is 17.0 Å². The highest BCUT2D eigenvalue weighted by atomic mass is 16.6. The van der Waals surface area contributed by atoms with E-state index in [1.807, 2.05) is 6.07 Å². The van der Waals surface area contributed by atoms with E-state index in [4.69, 9.17) is 4.74 Å². The number of hydrogen-bond donors (Lipinski definition) is 2. The van der Waals surface area contributed by atoms with Gasteiger partial charge in [-0.25, -0.2) is 9.89 Å². The van der Waals surface area contributed by atoms with E-state index >= 15 is 0 Å². The second-order valence-corrected chi connectivity index (χ2v) is 5.73. The molecule has 0 atom stereocenters. The molecule has 0 saturated carbocycles. The molecule has 0 aliphatic heterocycles. The highest BCUT2D eigenvalue weighted by Crippen LogP contribution is 2.21. The van der Waals surface area contributed by atoms with Crippen molar-refractivity contribution in [2.24, 2.45) is 0 Å². The van der Waals surface area contributed by atoms with Crippen LogP contribution in [0.2, 0.25) is 0 Å². The number of H-pyrrole nitrogens is 1. The monoisotopic (exact) mass is 379 g/mol. The number of anilines is 1. The molecule has 0 saturated heterocycles. The number of ether oxygens (including phenoxy) is 2. The van der Waals surface area contributed by atoms with Crippen molar-refractivity contribution < 1.29 is 19.1 Å². The molecule has 0 radical (unpaired) electrons. The average Bonchev–Trinajstić information content (AvgIpc) is 2.73. The second-order valence-electron chi connectivity index (χ2n) is 5.73. The van der Waals surface area contributed by atoms with Crippen LogP contribution in [0.25, 0.3) is 11.3 Å². The Kier molecular flexibility index (Phi) is 5.81. The van der Waals surface area contributed by atoms with Gasteiger partial charge in [0.05, 0.1) is 12.8 Å². The van der Waals surface area contributed by atoms with Crippen LogP contribution >= 0.6 is 0 Å². The molecule has 0 fully saturated rings. The molecule has 142 valence electrons. The number of nitrogens with one attached hydrogen (secondary N) is 2. The summed E-state index contributed by atoms with van der Waals surface area (Å²) in [6.45, 7) is -0.240. The number of aromatic nitrogens is 2. The van der Waals surface area contributed by atoms with E-state index in [2.05, 4.69) is 20.3 Å². The third-order valence-corrected chi connectivity index (χ3v) is 3.78.